The van der Waals surface area contributed by atoms with Crippen molar-refractivity contribution >= 4 is 39.9 Å². The molecule has 0 spiro atoms. The van der Waals surface area contributed by atoms with Gasteiger partial charge in [0, 0.05) is 16.1 Å². The minimum absolute atomic E-state index is 0.00911. The van der Waals surface area contributed by atoms with Crippen LogP contribution in [0.5, 0.6) is 5.75 Å². The molecule has 1 amide bonds. The summed E-state index contributed by atoms with van der Waals surface area (Å²) in [5, 5.41) is 14.8. The van der Waals surface area contributed by atoms with Crippen LogP contribution >= 0.6 is 11.6 Å². The van der Waals surface area contributed by atoms with E-state index in [1.165, 1.54) is 13.0 Å². The molecule has 6 heteroatoms. The molecule has 0 saturated heterocycles. The Morgan fingerprint density at radius 1 is 1.04 bits per heavy atom. The second-order valence-electron chi connectivity index (χ2n) is 5.73. The predicted octanol–water partition coefficient (Wildman–Crippen LogP) is 4.38. The van der Waals surface area contributed by atoms with Crippen molar-refractivity contribution in [3.63, 3.8) is 0 Å². The van der Waals surface area contributed by atoms with Gasteiger partial charge in [0.15, 0.2) is 6.10 Å². The monoisotopic (exact) mass is 369 g/mol. The number of ether oxygens (including phenoxy) is 1. The normalized spacial score (nSPS) is 11.8. The van der Waals surface area contributed by atoms with Gasteiger partial charge in [0.2, 0.25) is 0 Å². The lowest BCUT2D eigenvalue weighted by molar-refractivity contribution is -0.123. The SMILES string of the molecule is C[C@H](OC(=O)c1ccc2ccccc2c1O)C(=O)Nc1ccc(Cl)cc1. The molecule has 0 aliphatic rings. The molecule has 3 aromatic rings. The summed E-state index contributed by atoms with van der Waals surface area (Å²) >= 11 is 5.80. The highest BCUT2D eigenvalue weighted by atomic mass is 35.5. The van der Waals surface area contributed by atoms with Gasteiger partial charge >= 0.3 is 5.97 Å². The van der Waals surface area contributed by atoms with Gasteiger partial charge in [-0.05, 0) is 42.6 Å². The summed E-state index contributed by atoms with van der Waals surface area (Å²) in [6.07, 6.45) is -1.04. The van der Waals surface area contributed by atoms with Crippen molar-refractivity contribution in [3.8, 4) is 5.75 Å². The first-order valence-corrected chi connectivity index (χ1v) is 8.31. The van der Waals surface area contributed by atoms with Gasteiger partial charge in [-0.3, -0.25) is 4.79 Å². The molecule has 0 bridgehead atoms. The van der Waals surface area contributed by atoms with Gasteiger partial charge in [0.25, 0.3) is 5.91 Å². The number of phenols is 1. The fraction of sp³-hybridized carbons (Fsp3) is 0.100. The summed E-state index contributed by atoms with van der Waals surface area (Å²) in [6.45, 7) is 1.46. The van der Waals surface area contributed by atoms with Crippen LogP contribution < -0.4 is 5.32 Å². The van der Waals surface area contributed by atoms with Crippen LogP contribution in [0, 0.1) is 0 Å². The Morgan fingerprint density at radius 3 is 2.46 bits per heavy atom. The van der Waals surface area contributed by atoms with Crippen molar-refractivity contribution in [3.05, 3.63) is 71.2 Å². The van der Waals surface area contributed by atoms with Gasteiger partial charge in [-0.25, -0.2) is 4.79 Å². The van der Waals surface area contributed by atoms with Crippen molar-refractivity contribution in [2.24, 2.45) is 0 Å². The quantitative estimate of drug-likeness (QED) is 0.669. The summed E-state index contributed by atoms with van der Waals surface area (Å²) in [5.41, 5.74) is 0.547. The number of carbonyl (C=O) groups is 2. The Labute approximate surface area is 155 Å². The van der Waals surface area contributed by atoms with Crippen LogP contribution in [0.1, 0.15) is 17.3 Å². The maximum atomic E-state index is 12.3. The number of aromatic hydroxyl groups is 1. The second-order valence-corrected chi connectivity index (χ2v) is 6.16. The number of hydrogen-bond donors (Lipinski definition) is 2. The number of amides is 1. The molecule has 3 aromatic carbocycles. The first-order chi connectivity index (χ1) is 12.5. The van der Waals surface area contributed by atoms with Gasteiger partial charge < -0.3 is 15.2 Å². The Morgan fingerprint density at radius 2 is 1.73 bits per heavy atom. The third-order valence-electron chi connectivity index (χ3n) is 3.89. The average Bonchev–Trinajstić information content (AvgIpc) is 2.64. The van der Waals surface area contributed by atoms with E-state index in [0.717, 1.165) is 5.39 Å². The summed E-state index contributed by atoms with van der Waals surface area (Å²) in [5.74, 6) is -1.42. The molecule has 0 unspecified atom stereocenters. The number of carbonyl (C=O) groups excluding carboxylic acids is 2. The highest BCUT2D eigenvalue weighted by Gasteiger charge is 2.22. The van der Waals surface area contributed by atoms with E-state index in [2.05, 4.69) is 5.32 Å². The van der Waals surface area contributed by atoms with Crippen LogP contribution in [0.25, 0.3) is 10.8 Å². The summed E-state index contributed by atoms with van der Waals surface area (Å²) in [4.78, 5) is 24.5. The van der Waals surface area contributed by atoms with Gasteiger partial charge in [-0.1, -0.05) is 41.9 Å². The van der Waals surface area contributed by atoms with E-state index in [4.69, 9.17) is 16.3 Å². The molecule has 0 aliphatic heterocycles. The molecule has 26 heavy (non-hydrogen) atoms. The van der Waals surface area contributed by atoms with Crippen LogP contribution in [0.3, 0.4) is 0 Å². The predicted molar refractivity (Wildman–Crippen MR) is 101 cm³/mol. The van der Waals surface area contributed by atoms with Crippen molar-refractivity contribution < 1.29 is 19.4 Å². The molecule has 0 heterocycles. The molecular formula is C20H16ClNO4. The lowest BCUT2D eigenvalue weighted by Gasteiger charge is -2.14. The zero-order valence-corrected chi connectivity index (χ0v) is 14.7. The second kappa shape index (κ2) is 7.45. The molecular weight excluding hydrogens is 354 g/mol. The smallest absolute Gasteiger partial charge is 0.342 e. The number of esters is 1. The van der Waals surface area contributed by atoms with Gasteiger partial charge in [0.05, 0.1) is 0 Å². The van der Waals surface area contributed by atoms with Crippen LogP contribution in [-0.4, -0.2) is 23.1 Å². The number of halogens is 1. The van der Waals surface area contributed by atoms with Crippen molar-refractivity contribution in [1.82, 2.24) is 0 Å². The molecule has 132 valence electrons. The van der Waals surface area contributed by atoms with Gasteiger partial charge in [-0.15, -0.1) is 0 Å². The molecule has 3 rings (SSSR count). The van der Waals surface area contributed by atoms with E-state index in [9.17, 15) is 14.7 Å². The van der Waals surface area contributed by atoms with Crippen LogP contribution in [0.2, 0.25) is 5.02 Å². The van der Waals surface area contributed by atoms with Crippen molar-refractivity contribution in [2.45, 2.75) is 13.0 Å². The number of rotatable bonds is 4. The molecule has 1 atom stereocenters. The van der Waals surface area contributed by atoms with Crippen LogP contribution in [0.15, 0.2) is 60.7 Å². The highest BCUT2D eigenvalue weighted by molar-refractivity contribution is 6.30. The zero-order chi connectivity index (χ0) is 18.7. The zero-order valence-electron chi connectivity index (χ0n) is 13.9. The largest absolute Gasteiger partial charge is 0.506 e. The molecule has 0 aliphatic carbocycles. The topological polar surface area (TPSA) is 75.6 Å². The van der Waals surface area contributed by atoms with E-state index >= 15 is 0 Å². The number of hydrogen-bond acceptors (Lipinski definition) is 4. The fourth-order valence-corrected chi connectivity index (χ4v) is 2.60. The van der Waals surface area contributed by atoms with Crippen LogP contribution in [-0.2, 0) is 9.53 Å². The molecule has 5 nitrogen and oxygen atoms in total. The Hall–Kier alpha value is -3.05. The van der Waals surface area contributed by atoms with Crippen molar-refractivity contribution in [2.75, 3.05) is 5.32 Å². The van der Waals surface area contributed by atoms with Gasteiger partial charge in [0.1, 0.15) is 11.3 Å². The number of benzene rings is 3. The Bertz CT molecular complexity index is 969. The molecule has 0 fully saturated rings. The third-order valence-corrected chi connectivity index (χ3v) is 4.14. The lowest BCUT2D eigenvalue weighted by Crippen LogP contribution is -2.30. The van der Waals surface area contributed by atoms with E-state index in [1.807, 2.05) is 12.1 Å². The van der Waals surface area contributed by atoms with E-state index < -0.39 is 18.0 Å². The highest BCUT2D eigenvalue weighted by Crippen LogP contribution is 2.29. The maximum Gasteiger partial charge on any atom is 0.342 e. The first kappa shape index (κ1) is 17.8. The summed E-state index contributed by atoms with van der Waals surface area (Å²) < 4.78 is 5.19. The van der Waals surface area contributed by atoms with E-state index in [-0.39, 0.29) is 11.3 Å². The Balaban J connectivity index is 1.71. The summed E-state index contributed by atoms with van der Waals surface area (Å²) in [6, 6.07) is 16.9. The van der Waals surface area contributed by atoms with E-state index in [0.29, 0.717) is 16.1 Å². The number of phenolic OH excluding ortho intramolecular Hbond substituents is 1. The number of nitrogens with one attached hydrogen (secondary N) is 1. The minimum Gasteiger partial charge on any atom is -0.506 e. The van der Waals surface area contributed by atoms with Gasteiger partial charge in [-0.2, -0.15) is 0 Å². The lowest BCUT2D eigenvalue weighted by atomic mass is 10.1. The molecule has 0 saturated carbocycles. The standard InChI is InChI=1S/C20H16ClNO4/c1-12(19(24)22-15-9-7-14(21)8-10-15)26-20(25)17-11-6-13-4-2-3-5-16(13)18(17)23/h2-12,23H,1H3,(H,22,24)/t12-/m0/s1. The number of anilines is 1. The third kappa shape index (κ3) is 3.78. The minimum atomic E-state index is -1.04. The Kier molecular flexibility index (Phi) is 5.09. The van der Waals surface area contributed by atoms with E-state index in [1.54, 1.807) is 42.5 Å². The molecule has 0 aromatic heterocycles. The van der Waals surface area contributed by atoms with Crippen molar-refractivity contribution in [1.29, 1.82) is 0 Å². The first-order valence-electron chi connectivity index (χ1n) is 7.94. The summed E-state index contributed by atoms with van der Waals surface area (Å²) in [7, 11) is 0. The fourth-order valence-electron chi connectivity index (χ4n) is 2.47. The average molecular weight is 370 g/mol. The number of fused-ring (bicyclic) bond motifs is 1. The van der Waals surface area contributed by atoms with Crippen LogP contribution in [0.4, 0.5) is 5.69 Å². The molecule has 0 radical (unpaired) electrons. The molecule has 2 N–H and O–H groups in total. The maximum absolute atomic E-state index is 12.3.